The molecule has 1 N–H and O–H groups in total. The van der Waals surface area contributed by atoms with Crippen LogP contribution in [0.5, 0.6) is 0 Å². The van der Waals surface area contributed by atoms with E-state index in [0.29, 0.717) is 45.5 Å². The predicted molar refractivity (Wildman–Crippen MR) is 119 cm³/mol. The summed E-state index contributed by atoms with van der Waals surface area (Å²) in [5.41, 5.74) is 0.194. The monoisotopic (exact) mass is 503 g/mol. The largest absolute Gasteiger partial charge is 0.419 e. The van der Waals surface area contributed by atoms with Crippen LogP contribution in [0.15, 0.2) is 72.8 Å². The van der Waals surface area contributed by atoms with Gasteiger partial charge in [0.15, 0.2) is 0 Å². The molecule has 0 unspecified atom stereocenters. The van der Waals surface area contributed by atoms with Crippen molar-refractivity contribution in [2.24, 2.45) is 0 Å². The summed E-state index contributed by atoms with van der Waals surface area (Å²) in [6.07, 6.45) is -9.75. The van der Waals surface area contributed by atoms with Crippen LogP contribution in [0.25, 0.3) is 33.4 Å². The number of rotatable bonds is 2. The molecule has 0 spiro atoms. The van der Waals surface area contributed by atoms with E-state index in [2.05, 4.69) is 0 Å². The fraction of sp³-hybridized carbons (Fsp3) is 0.0741. The van der Waals surface area contributed by atoms with E-state index in [1.54, 1.807) is 24.3 Å². The van der Waals surface area contributed by atoms with Gasteiger partial charge in [-0.25, -0.2) is 8.78 Å². The standard InChI is InChI=1S/C27H13F8N/c28-23-7-3-15(11-21(23)26(30,31)32)13-1-5-17-18-6-2-14(10-20(18)25(36)19(17)9-13)16-4-8-24(29)22(12-16)27(33,34)35/h1-12,36H. The zero-order valence-electron chi connectivity index (χ0n) is 18.0. The summed E-state index contributed by atoms with van der Waals surface area (Å²) in [5, 5.41) is 8.60. The predicted octanol–water partition coefficient (Wildman–Crippen LogP) is 8.73. The first-order valence-electron chi connectivity index (χ1n) is 10.5. The molecule has 0 radical (unpaired) electrons. The Morgan fingerprint density at radius 2 is 0.778 bits per heavy atom. The van der Waals surface area contributed by atoms with Crippen LogP contribution < -0.4 is 0 Å². The molecule has 9 heteroatoms. The van der Waals surface area contributed by atoms with Crippen molar-refractivity contribution < 1.29 is 35.1 Å². The van der Waals surface area contributed by atoms with Crippen LogP contribution in [0.2, 0.25) is 0 Å². The number of benzene rings is 4. The molecule has 36 heavy (non-hydrogen) atoms. The molecule has 0 saturated heterocycles. The highest BCUT2D eigenvalue weighted by molar-refractivity contribution is 6.23. The van der Waals surface area contributed by atoms with Crippen molar-refractivity contribution in [3.8, 4) is 33.4 Å². The van der Waals surface area contributed by atoms with Crippen molar-refractivity contribution in [3.63, 3.8) is 0 Å². The highest BCUT2D eigenvalue weighted by Crippen LogP contribution is 2.42. The SMILES string of the molecule is N=C1c2cc(-c3ccc(F)c(C(F)(F)F)c3)ccc2-c2ccc(-c3ccc(F)c(C(F)(F)F)c3)cc21. The van der Waals surface area contributed by atoms with E-state index in [1.165, 1.54) is 24.3 Å². The normalized spacial score (nSPS) is 13.1. The van der Waals surface area contributed by atoms with Crippen LogP contribution in [0.4, 0.5) is 35.1 Å². The maximum atomic E-state index is 13.7. The lowest BCUT2D eigenvalue weighted by Crippen LogP contribution is -2.08. The maximum absolute atomic E-state index is 13.7. The molecule has 4 aromatic carbocycles. The van der Waals surface area contributed by atoms with E-state index < -0.39 is 35.1 Å². The number of halogens is 8. The van der Waals surface area contributed by atoms with Gasteiger partial charge in [-0.3, -0.25) is 5.41 Å². The molecule has 1 aliphatic rings. The molecular formula is C27H13F8N. The minimum Gasteiger partial charge on any atom is -0.300 e. The molecule has 1 nitrogen and oxygen atoms in total. The summed E-state index contributed by atoms with van der Waals surface area (Å²) >= 11 is 0. The Labute approximate surface area is 199 Å². The van der Waals surface area contributed by atoms with Gasteiger partial charge < -0.3 is 0 Å². The Morgan fingerprint density at radius 3 is 1.14 bits per heavy atom. The van der Waals surface area contributed by atoms with Crippen LogP contribution in [0.1, 0.15) is 22.3 Å². The fourth-order valence-corrected chi connectivity index (χ4v) is 4.32. The Morgan fingerprint density at radius 1 is 0.444 bits per heavy atom. The van der Waals surface area contributed by atoms with Crippen LogP contribution >= 0.6 is 0 Å². The van der Waals surface area contributed by atoms with Crippen LogP contribution in [-0.2, 0) is 12.4 Å². The molecule has 4 aromatic rings. The van der Waals surface area contributed by atoms with Gasteiger partial charge in [0.2, 0.25) is 0 Å². The van der Waals surface area contributed by atoms with Gasteiger partial charge in [0.25, 0.3) is 0 Å². The minimum absolute atomic E-state index is 0.0278. The Hall–Kier alpha value is -4.01. The second-order valence-corrected chi connectivity index (χ2v) is 8.28. The van der Waals surface area contributed by atoms with E-state index >= 15 is 0 Å². The molecule has 0 bridgehead atoms. The van der Waals surface area contributed by atoms with Gasteiger partial charge in [-0.1, -0.05) is 36.4 Å². The molecule has 0 heterocycles. The van der Waals surface area contributed by atoms with E-state index in [9.17, 15) is 35.1 Å². The smallest absolute Gasteiger partial charge is 0.300 e. The molecule has 0 aromatic heterocycles. The van der Waals surface area contributed by atoms with E-state index in [4.69, 9.17) is 5.41 Å². The zero-order chi connectivity index (χ0) is 26.0. The van der Waals surface area contributed by atoms with Crippen LogP contribution in [-0.4, -0.2) is 5.71 Å². The molecule has 0 amide bonds. The van der Waals surface area contributed by atoms with E-state index in [-0.39, 0.29) is 16.8 Å². The average molecular weight is 503 g/mol. The summed E-state index contributed by atoms with van der Waals surface area (Å²) in [6.45, 7) is 0. The number of nitrogens with one attached hydrogen (secondary N) is 1. The topological polar surface area (TPSA) is 23.9 Å². The summed E-state index contributed by atoms with van der Waals surface area (Å²) in [4.78, 5) is 0. The maximum Gasteiger partial charge on any atom is 0.419 e. The third-order valence-corrected chi connectivity index (χ3v) is 6.08. The van der Waals surface area contributed by atoms with Gasteiger partial charge in [-0.05, 0) is 69.8 Å². The van der Waals surface area contributed by atoms with E-state index in [0.717, 1.165) is 12.1 Å². The van der Waals surface area contributed by atoms with Gasteiger partial charge in [0.05, 0.1) is 16.8 Å². The molecule has 1 aliphatic carbocycles. The second-order valence-electron chi connectivity index (χ2n) is 8.28. The second kappa shape index (κ2) is 8.01. The first kappa shape index (κ1) is 23.7. The molecule has 0 aliphatic heterocycles. The lowest BCUT2D eigenvalue weighted by atomic mass is 9.97. The lowest BCUT2D eigenvalue weighted by molar-refractivity contribution is -0.140. The summed E-state index contributed by atoms with van der Waals surface area (Å²) in [6, 6.07) is 14.7. The Bertz CT molecular complexity index is 1430. The number of alkyl halides is 6. The van der Waals surface area contributed by atoms with Crippen molar-refractivity contribution in [2.75, 3.05) is 0 Å². The Balaban J connectivity index is 1.55. The first-order valence-corrected chi connectivity index (χ1v) is 10.5. The van der Waals surface area contributed by atoms with Crippen molar-refractivity contribution in [1.29, 1.82) is 5.41 Å². The van der Waals surface area contributed by atoms with Crippen LogP contribution in [0, 0.1) is 17.0 Å². The summed E-state index contributed by atoms with van der Waals surface area (Å²) in [7, 11) is 0. The quantitative estimate of drug-likeness (QED) is 0.233. The molecule has 0 fully saturated rings. The summed E-state index contributed by atoms with van der Waals surface area (Å²) in [5.74, 6) is -2.79. The van der Waals surface area contributed by atoms with Crippen molar-refractivity contribution >= 4 is 5.71 Å². The molecule has 5 rings (SSSR count). The molecule has 182 valence electrons. The number of fused-ring (bicyclic) bond motifs is 3. The highest BCUT2D eigenvalue weighted by atomic mass is 19.4. The van der Waals surface area contributed by atoms with E-state index in [1.807, 2.05) is 0 Å². The third kappa shape index (κ3) is 3.94. The van der Waals surface area contributed by atoms with Gasteiger partial charge in [0.1, 0.15) is 11.6 Å². The van der Waals surface area contributed by atoms with Crippen molar-refractivity contribution in [3.05, 3.63) is 107 Å². The average Bonchev–Trinajstić information content (AvgIpc) is 3.09. The molecular weight excluding hydrogens is 490 g/mol. The van der Waals surface area contributed by atoms with Gasteiger partial charge in [-0.2, -0.15) is 26.3 Å². The first-order chi connectivity index (χ1) is 16.8. The zero-order valence-corrected chi connectivity index (χ0v) is 18.0. The van der Waals surface area contributed by atoms with Crippen molar-refractivity contribution in [2.45, 2.75) is 12.4 Å². The Kier molecular flexibility index (Phi) is 5.28. The van der Waals surface area contributed by atoms with Gasteiger partial charge in [0, 0.05) is 11.1 Å². The van der Waals surface area contributed by atoms with Crippen LogP contribution in [0.3, 0.4) is 0 Å². The molecule has 0 saturated carbocycles. The lowest BCUT2D eigenvalue weighted by Gasteiger charge is -2.11. The highest BCUT2D eigenvalue weighted by Gasteiger charge is 2.35. The minimum atomic E-state index is -4.87. The fourth-order valence-electron chi connectivity index (χ4n) is 4.32. The summed E-state index contributed by atoms with van der Waals surface area (Å²) < 4.78 is 106. The number of hydrogen-bond acceptors (Lipinski definition) is 1. The third-order valence-electron chi connectivity index (χ3n) is 6.08. The van der Waals surface area contributed by atoms with Gasteiger partial charge in [-0.15, -0.1) is 0 Å². The number of hydrogen-bond donors (Lipinski definition) is 1. The van der Waals surface area contributed by atoms with Gasteiger partial charge >= 0.3 is 12.4 Å². The molecule has 0 atom stereocenters. The van der Waals surface area contributed by atoms with Crippen molar-refractivity contribution in [1.82, 2.24) is 0 Å².